The Hall–Kier alpha value is -1.26. The topological polar surface area (TPSA) is 93.5 Å². The molecular weight excluding hydrogens is 180 g/mol. The van der Waals surface area contributed by atoms with Gasteiger partial charge in [0.1, 0.15) is 0 Å². The molecule has 14 heavy (non-hydrogen) atoms. The first-order valence-electron chi connectivity index (χ1n) is 4.81. The van der Waals surface area contributed by atoms with Gasteiger partial charge >= 0.3 is 0 Å². The molecule has 1 fully saturated rings. The highest BCUT2D eigenvalue weighted by Crippen LogP contribution is 2.30. The Morgan fingerprint density at radius 3 is 2.64 bits per heavy atom. The van der Waals surface area contributed by atoms with Crippen molar-refractivity contribution in [1.82, 2.24) is 5.32 Å². The summed E-state index contributed by atoms with van der Waals surface area (Å²) in [7, 11) is 0. The lowest BCUT2D eigenvalue weighted by molar-refractivity contribution is -0.140. The fourth-order valence-corrected chi connectivity index (χ4v) is 1.74. The van der Waals surface area contributed by atoms with Gasteiger partial charge in [0.25, 0.3) is 0 Å². The van der Waals surface area contributed by atoms with Crippen LogP contribution in [0.3, 0.4) is 0 Å². The number of hydrogen-bond donors (Lipinski definition) is 3. The molecule has 5 nitrogen and oxygen atoms in total. The number of β-lactam (4-membered cyclic amide) rings is 1. The first kappa shape index (κ1) is 10.8. The van der Waals surface area contributed by atoms with E-state index in [-0.39, 0.29) is 23.3 Å². The smallest absolute Gasteiger partial charge is 0.225 e. The molecule has 0 saturated carbocycles. The van der Waals surface area contributed by atoms with E-state index in [1.54, 1.807) is 0 Å². The second-order valence-corrected chi connectivity index (χ2v) is 4.21. The zero-order valence-corrected chi connectivity index (χ0v) is 8.71. The van der Waals surface area contributed by atoms with Gasteiger partial charge in [0.05, 0.1) is 5.92 Å². The van der Waals surface area contributed by atoms with E-state index in [2.05, 4.69) is 10.3 Å². The summed E-state index contributed by atoms with van der Waals surface area (Å²) >= 11 is 0. The predicted molar refractivity (Wildman–Crippen MR) is 55.6 cm³/mol. The largest absolute Gasteiger partial charge is 0.370 e. The van der Waals surface area contributed by atoms with Gasteiger partial charge in [0.15, 0.2) is 5.96 Å². The van der Waals surface area contributed by atoms with E-state index in [9.17, 15) is 4.79 Å². The number of rotatable bonds is 4. The Morgan fingerprint density at radius 2 is 2.21 bits per heavy atom. The van der Waals surface area contributed by atoms with Crippen molar-refractivity contribution in [3.8, 4) is 0 Å². The molecule has 1 unspecified atom stereocenters. The van der Waals surface area contributed by atoms with E-state index >= 15 is 0 Å². The second-order valence-electron chi connectivity index (χ2n) is 4.21. The third-order valence-electron chi connectivity index (χ3n) is 2.58. The van der Waals surface area contributed by atoms with Crippen molar-refractivity contribution in [1.29, 1.82) is 0 Å². The fourth-order valence-electron chi connectivity index (χ4n) is 1.74. The number of hydrogen-bond acceptors (Lipinski definition) is 2. The molecule has 1 aliphatic rings. The number of nitrogens with one attached hydrogen (secondary N) is 1. The van der Waals surface area contributed by atoms with Crippen molar-refractivity contribution in [3.05, 3.63) is 0 Å². The maximum atomic E-state index is 11.2. The number of carbonyl (C=O) groups excluding carboxylic acids is 1. The molecule has 0 radical (unpaired) electrons. The molecule has 1 saturated heterocycles. The first-order valence-corrected chi connectivity index (χ1v) is 4.81. The average molecular weight is 198 g/mol. The van der Waals surface area contributed by atoms with Crippen LogP contribution in [0.1, 0.15) is 26.7 Å². The summed E-state index contributed by atoms with van der Waals surface area (Å²) in [4.78, 5) is 15.0. The van der Waals surface area contributed by atoms with Gasteiger partial charge in [-0.3, -0.25) is 9.79 Å². The molecule has 1 amide bonds. The Bertz CT molecular complexity index is 256. The van der Waals surface area contributed by atoms with Crippen LogP contribution in [0.15, 0.2) is 4.99 Å². The molecule has 0 aromatic rings. The monoisotopic (exact) mass is 198 g/mol. The van der Waals surface area contributed by atoms with Crippen LogP contribution in [-0.2, 0) is 4.79 Å². The summed E-state index contributed by atoms with van der Waals surface area (Å²) in [5, 5.41) is 2.86. The minimum absolute atomic E-state index is 0.0605. The normalized spacial score (nSPS) is 23.6. The van der Waals surface area contributed by atoms with Crippen LogP contribution in [0.5, 0.6) is 0 Å². The molecular formula is C9H18N4O. The summed E-state index contributed by atoms with van der Waals surface area (Å²) in [6.07, 6.45) is 1.69. The quantitative estimate of drug-likeness (QED) is 0.247. The van der Waals surface area contributed by atoms with Gasteiger partial charge in [-0.25, -0.2) is 0 Å². The summed E-state index contributed by atoms with van der Waals surface area (Å²) in [5.41, 5.74) is 10.3. The Morgan fingerprint density at radius 1 is 1.57 bits per heavy atom. The average Bonchev–Trinajstić information content (AvgIpc) is 2.01. The van der Waals surface area contributed by atoms with E-state index in [4.69, 9.17) is 11.5 Å². The van der Waals surface area contributed by atoms with Crippen LogP contribution in [0, 0.1) is 5.92 Å². The maximum absolute atomic E-state index is 11.2. The van der Waals surface area contributed by atoms with E-state index in [1.165, 1.54) is 0 Å². The molecule has 0 aromatic carbocycles. The van der Waals surface area contributed by atoms with Crippen LogP contribution in [-0.4, -0.2) is 24.0 Å². The summed E-state index contributed by atoms with van der Waals surface area (Å²) in [6.45, 7) is 4.65. The molecule has 0 bridgehead atoms. The van der Waals surface area contributed by atoms with E-state index in [0.29, 0.717) is 6.54 Å². The Balaban J connectivity index is 2.25. The molecule has 0 aliphatic carbocycles. The van der Waals surface area contributed by atoms with Gasteiger partial charge in [-0.2, -0.15) is 0 Å². The minimum atomic E-state index is -0.0605. The molecule has 1 heterocycles. The summed E-state index contributed by atoms with van der Waals surface area (Å²) < 4.78 is 0. The van der Waals surface area contributed by atoms with Gasteiger partial charge in [0, 0.05) is 12.1 Å². The number of nitrogens with zero attached hydrogens (tertiary/aromatic N) is 1. The van der Waals surface area contributed by atoms with Gasteiger partial charge in [-0.05, 0) is 26.7 Å². The lowest BCUT2D eigenvalue weighted by Crippen LogP contribution is -2.65. The Labute approximate surface area is 83.9 Å². The highest BCUT2D eigenvalue weighted by Gasteiger charge is 2.45. The SMILES string of the molecule is CC1(C)NC(=O)C1CCCN=C(N)N. The summed E-state index contributed by atoms with van der Waals surface area (Å²) in [5.74, 6) is 0.360. The molecule has 0 aromatic heterocycles. The number of nitrogens with two attached hydrogens (primary N) is 2. The van der Waals surface area contributed by atoms with Crippen LogP contribution in [0.2, 0.25) is 0 Å². The zero-order valence-electron chi connectivity index (χ0n) is 8.71. The maximum Gasteiger partial charge on any atom is 0.225 e. The highest BCUT2D eigenvalue weighted by molar-refractivity contribution is 5.87. The fraction of sp³-hybridized carbons (Fsp3) is 0.778. The Kier molecular flexibility index (Phi) is 2.98. The van der Waals surface area contributed by atoms with Crippen molar-refractivity contribution in [2.75, 3.05) is 6.54 Å². The molecule has 80 valence electrons. The van der Waals surface area contributed by atoms with Crippen molar-refractivity contribution >= 4 is 11.9 Å². The highest BCUT2D eigenvalue weighted by atomic mass is 16.2. The van der Waals surface area contributed by atoms with Crippen molar-refractivity contribution < 1.29 is 4.79 Å². The lowest BCUT2D eigenvalue weighted by atomic mass is 9.76. The van der Waals surface area contributed by atoms with Crippen LogP contribution in [0.4, 0.5) is 0 Å². The number of carbonyl (C=O) groups is 1. The van der Waals surface area contributed by atoms with Crippen LogP contribution in [0.25, 0.3) is 0 Å². The first-order chi connectivity index (χ1) is 6.43. The molecule has 1 aliphatic heterocycles. The van der Waals surface area contributed by atoms with Crippen molar-refractivity contribution in [2.45, 2.75) is 32.2 Å². The van der Waals surface area contributed by atoms with Gasteiger partial charge in [-0.1, -0.05) is 0 Å². The second kappa shape index (κ2) is 3.86. The molecule has 5 heteroatoms. The van der Waals surface area contributed by atoms with Crippen molar-refractivity contribution in [2.24, 2.45) is 22.4 Å². The third kappa shape index (κ3) is 2.37. The standard InChI is InChI=1S/C9H18N4O/c1-9(2)6(7(14)13-9)4-3-5-12-8(10)11/h6H,3-5H2,1-2H3,(H,13,14)(H4,10,11,12). The predicted octanol–water partition coefficient (Wildman–Crippen LogP) is -0.435. The molecule has 0 spiro atoms. The van der Waals surface area contributed by atoms with E-state index < -0.39 is 0 Å². The number of guanidine groups is 1. The van der Waals surface area contributed by atoms with E-state index in [0.717, 1.165) is 12.8 Å². The van der Waals surface area contributed by atoms with Crippen LogP contribution < -0.4 is 16.8 Å². The number of amides is 1. The van der Waals surface area contributed by atoms with Crippen molar-refractivity contribution in [3.63, 3.8) is 0 Å². The van der Waals surface area contributed by atoms with Gasteiger partial charge < -0.3 is 16.8 Å². The molecule has 5 N–H and O–H groups in total. The van der Waals surface area contributed by atoms with Gasteiger partial charge in [-0.15, -0.1) is 0 Å². The van der Waals surface area contributed by atoms with Crippen LogP contribution >= 0.6 is 0 Å². The third-order valence-corrected chi connectivity index (χ3v) is 2.58. The molecule has 1 rings (SSSR count). The molecule has 1 atom stereocenters. The number of aliphatic imine (C=N–C) groups is 1. The zero-order chi connectivity index (χ0) is 10.8. The summed E-state index contributed by atoms with van der Waals surface area (Å²) in [6, 6.07) is 0. The van der Waals surface area contributed by atoms with E-state index in [1.807, 2.05) is 13.8 Å². The minimum Gasteiger partial charge on any atom is -0.370 e. The van der Waals surface area contributed by atoms with Gasteiger partial charge in [0.2, 0.25) is 5.91 Å². The lowest BCUT2D eigenvalue weighted by Gasteiger charge is -2.44.